The van der Waals surface area contributed by atoms with Gasteiger partial charge in [0.25, 0.3) is 0 Å². The van der Waals surface area contributed by atoms with Crippen molar-refractivity contribution in [3.63, 3.8) is 0 Å². The van der Waals surface area contributed by atoms with Crippen LogP contribution < -0.4 is 0 Å². The summed E-state index contributed by atoms with van der Waals surface area (Å²) in [6.45, 7) is 10.1. The Labute approximate surface area is 161 Å². The van der Waals surface area contributed by atoms with E-state index in [9.17, 15) is 13.9 Å². The van der Waals surface area contributed by atoms with Gasteiger partial charge in [-0.25, -0.2) is 8.78 Å². The number of rotatable bonds is 8. The van der Waals surface area contributed by atoms with Crippen LogP contribution in [0, 0.1) is 11.6 Å². The number of unbranched alkanes of at least 4 members (excludes halogenated alkanes) is 2. The number of aromatic nitrogens is 1. The second-order valence-corrected chi connectivity index (χ2v) is 7.76. The largest absolute Gasteiger partial charge is 0.392 e. The molecule has 0 atom stereocenters. The van der Waals surface area contributed by atoms with Crippen LogP contribution in [-0.2, 0) is 13.0 Å². The van der Waals surface area contributed by atoms with Gasteiger partial charge in [-0.2, -0.15) is 0 Å². The lowest BCUT2D eigenvalue weighted by Crippen LogP contribution is -2.13. The molecule has 2 rings (SSSR count). The molecule has 0 saturated carbocycles. The molecule has 1 aromatic heterocycles. The molecule has 2 aromatic rings. The number of aliphatic hydroxyl groups is 1. The third-order valence-corrected chi connectivity index (χ3v) is 4.95. The second-order valence-electron chi connectivity index (χ2n) is 7.76. The monoisotopic (exact) mass is 375 g/mol. The number of nitrogens with zero attached hydrogens (tertiary/aromatic N) is 1. The highest BCUT2D eigenvalue weighted by atomic mass is 19.1. The van der Waals surface area contributed by atoms with E-state index in [0.29, 0.717) is 16.7 Å². The number of hydrogen-bond donors (Lipinski definition) is 1. The summed E-state index contributed by atoms with van der Waals surface area (Å²) in [5.41, 5.74) is 4.43. The first-order valence-corrected chi connectivity index (χ1v) is 9.93. The molecule has 27 heavy (non-hydrogen) atoms. The van der Waals surface area contributed by atoms with Gasteiger partial charge >= 0.3 is 0 Å². The number of halogens is 2. The highest BCUT2D eigenvalue weighted by Gasteiger charge is 2.24. The Morgan fingerprint density at radius 2 is 1.59 bits per heavy atom. The van der Waals surface area contributed by atoms with E-state index in [2.05, 4.69) is 20.8 Å². The molecule has 0 aliphatic rings. The van der Waals surface area contributed by atoms with Crippen LogP contribution in [0.3, 0.4) is 0 Å². The minimum atomic E-state index is -0.600. The van der Waals surface area contributed by atoms with Gasteiger partial charge in [0.05, 0.1) is 6.61 Å². The molecule has 0 aliphatic carbocycles. The molecule has 1 aromatic carbocycles. The fraction of sp³-hybridized carbons (Fsp3) is 0.522. The minimum Gasteiger partial charge on any atom is -0.392 e. The molecule has 0 bridgehead atoms. The Morgan fingerprint density at radius 3 is 2.11 bits per heavy atom. The van der Waals surface area contributed by atoms with E-state index in [1.807, 2.05) is 13.8 Å². The first-order chi connectivity index (χ1) is 12.8. The van der Waals surface area contributed by atoms with Gasteiger partial charge < -0.3 is 5.11 Å². The molecule has 1 N–H and O–H groups in total. The van der Waals surface area contributed by atoms with Crippen LogP contribution in [0.1, 0.15) is 88.2 Å². The lowest BCUT2D eigenvalue weighted by Gasteiger charge is -2.24. The molecule has 0 saturated heterocycles. The van der Waals surface area contributed by atoms with Crippen molar-refractivity contribution in [2.24, 2.45) is 0 Å². The summed E-state index contributed by atoms with van der Waals surface area (Å²) in [7, 11) is 0. The van der Waals surface area contributed by atoms with Gasteiger partial charge in [0, 0.05) is 28.6 Å². The van der Waals surface area contributed by atoms with Gasteiger partial charge in [0.2, 0.25) is 0 Å². The SMILES string of the molecule is CCCCCc1c(C(C)C)nc(C(C)C)c(CO)c1-c1ccc(F)cc1F. The maximum atomic E-state index is 14.7. The third kappa shape index (κ3) is 4.73. The Morgan fingerprint density at radius 1 is 0.963 bits per heavy atom. The summed E-state index contributed by atoms with van der Waals surface area (Å²) >= 11 is 0. The summed E-state index contributed by atoms with van der Waals surface area (Å²) in [5.74, 6) is -0.931. The smallest absolute Gasteiger partial charge is 0.133 e. The molecule has 0 aliphatic heterocycles. The zero-order valence-electron chi connectivity index (χ0n) is 17.1. The molecule has 4 heteroatoms. The first-order valence-electron chi connectivity index (χ1n) is 9.93. The van der Waals surface area contributed by atoms with Crippen molar-refractivity contribution >= 4 is 0 Å². The lowest BCUT2D eigenvalue weighted by molar-refractivity contribution is 0.279. The molecular weight excluding hydrogens is 344 g/mol. The van der Waals surface area contributed by atoms with Crippen LogP contribution in [0.15, 0.2) is 18.2 Å². The summed E-state index contributed by atoms with van der Waals surface area (Å²) in [4.78, 5) is 4.90. The van der Waals surface area contributed by atoms with Crippen molar-refractivity contribution in [2.75, 3.05) is 0 Å². The summed E-state index contributed by atoms with van der Waals surface area (Å²) in [5, 5.41) is 10.1. The summed E-state index contributed by atoms with van der Waals surface area (Å²) in [6, 6.07) is 3.67. The van der Waals surface area contributed by atoms with Gasteiger partial charge in [0.15, 0.2) is 0 Å². The number of benzene rings is 1. The average Bonchev–Trinajstić information content (AvgIpc) is 2.61. The van der Waals surface area contributed by atoms with E-state index in [0.717, 1.165) is 48.7 Å². The Bertz CT molecular complexity index is 784. The number of aliphatic hydroxyl groups excluding tert-OH is 1. The molecule has 0 radical (unpaired) electrons. The first kappa shape index (κ1) is 21.5. The van der Waals surface area contributed by atoms with Crippen molar-refractivity contribution in [1.82, 2.24) is 4.98 Å². The van der Waals surface area contributed by atoms with Crippen LogP contribution in [-0.4, -0.2) is 10.1 Å². The summed E-state index contributed by atoms with van der Waals surface area (Å²) in [6.07, 6.45) is 3.90. The topological polar surface area (TPSA) is 33.1 Å². The van der Waals surface area contributed by atoms with E-state index < -0.39 is 11.6 Å². The van der Waals surface area contributed by atoms with Crippen molar-refractivity contribution < 1.29 is 13.9 Å². The van der Waals surface area contributed by atoms with Crippen molar-refractivity contribution in [3.8, 4) is 11.1 Å². The fourth-order valence-corrected chi connectivity index (χ4v) is 3.64. The Balaban J connectivity index is 2.85. The molecule has 0 amide bonds. The normalized spacial score (nSPS) is 11.6. The van der Waals surface area contributed by atoms with Crippen molar-refractivity contribution in [3.05, 3.63) is 52.3 Å². The zero-order chi connectivity index (χ0) is 20.1. The van der Waals surface area contributed by atoms with Crippen LogP contribution in [0.4, 0.5) is 8.78 Å². The number of pyridine rings is 1. The van der Waals surface area contributed by atoms with E-state index in [-0.39, 0.29) is 18.4 Å². The third-order valence-electron chi connectivity index (χ3n) is 4.95. The van der Waals surface area contributed by atoms with Gasteiger partial charge in [-0.3, -0.25) is 4.98 Å². The number of hydrogen-bond acceptors (Lipinski definition) is 2. The molecule has 148 valence electrons. The molecule has 2 nitrogen and oxygen atoms in total. The standard InChI is InChI=1S/C23H31F2NO/c1-6-7-8-9-18-21(17-11-10-16(24)12-20(17)25)19(13-27)23(15(4)5)26-22(18)14(2)3/h10-12,14-15,27H,6-9,13H2,1-5H3. The molecule has 0 fully saturated rings. The highest BCUT2D eigenvalue weighted by Crippen LogP contribution is 2.38. The molecule has 1 heterocycles. The molecule has 0 spiro atoms. The van der Waals surface area contributed by atoms with Crippen LogP contribution in [0.25, 0.3) is 11.1 Å². The maximum Gasteiger partial charge on any atom is 0.133 e. The summed E-state index contributed by atoms with van der Waals surface area (Å²) < 4.78 is 28.3. The van der Waals surface area contributed by atoms with E-state index in [1.165, 1.54) is 12.1 Å². The van der Waals surface area contributed by atoms with Crippen molar-refractivity contribution in [2.45, 2.75) is 78.7 Å². The average molecular weight is 376 g/mol. The maximum absolute atomic E-state index is 14.7. The van der Waals surface area contributed by atoms with E-state index in [1.54, 1.807) is 0 Å². The quantitative estimate of drug-likeness (QED) is 0.534. The lowest BCUT2D eigenvalue weighted by atomic mass is 9.85. The van der Waals surface area contributed by atoms with Crippen LogP contribution in [0.2, 0.25) is 0 Å². The zero-order valence-corrected chi connectivity index (χ0v) is 17.1. The van der Waals surface area contributed by atoms with Gasteiger partial charge in [-0.15, -0.1) is 0 Å². The Kier molecular flexibility index (Phi) is 7.49. The predicted octanol–water partition coefficient (Wildman–Crippen LogP) is 6.50. The predicted molar refractivity (Wildman–Crippen MR) is 107 cm³/mol. The van der Waals surface area contributed by atoms with Crippen LogP contribution >= 0.6 is 0 Å². The van der Waals surface area contributed by atoms with Gasteiger partial charge in [0.1, 0.15) is 11.6 Å². The minimum absolute atomic E-state index is 0.0941. The molecule has 0 unspecified atom stereocenters. The van der Waals surface area contributed by atoms with Crippen molar-refractivity contribution in [1.29, 1.82) is 0 Å². The Hall–Kier alpha value is -1.81. The molecular formula is C23H31F2NO. The van der Waals surface area contributed by atoms with E-state index in [4.69, 9.17) is 4.98 Å². The van der Waals surface area contributed by atoms with Gasteiger partial charge in [-0.05, 0) is 47.9 Å². The van der Waals surface area contributed by atoms with Crippen LogP contribution in [0.5, 0.6) is 0 Å². The van der Waals surface area contributed by atoms with Gasteiger partial charge in [-0.1, -0.05) is 47.5 Å². The fourth-order valence-electron chi connectivity index (χ4n) is 3.64. The van der Waals surface area contributed by atoms with E-state index >= 15 is 0 Å². The second kappa shape index (κ2) is 9.41. The highest BCUT2D eigenvalue weighted by molar-refractivity contribution is 5.73.